The first-order valence-electron chi connectivity index (χ1n) is 6.64. The highest BCUT2D eigenvalue weighted by Gasteiger charge is 2.51. The zero-order valence-corrected chi connectivity index (χ0v) is 13.3. The number of benzene rings is 1. The Balaban J connectivity index is 1.80. The number of anilines is 1. The van der Waals surface area contributed by atoms with E-state index in [1.807, 2.05) is 12.2 Å². The summed E-state index contributed by atoms with van der Waals surface area (Å²) in [5.41, 5.74) is 0.573. The number of nitrogens with one attached hydrogen (secondary N) is 1. The number of aliphatic carboxylic acids is 1. The van der Waals surface area contributed by atoms with Crippen molar-refractivity contribution in [2.75, 3.05) is 5.32 Å². The third kappa shape index (κ3) is 2.60. The van der Waals surface area contributed by atoms with Crippen molar-refractivity contribution in [2.24, 2.45) is 23.7 Å². The molecular formula is C15H13BrClNO3. The second-order valence-corrected chi connectivity index (χ2v) is 6.72. The molecule has 1 aromatic carbocycles. The highest BCUT2D eigenvalue weighted by Crippen LogP contribution is 2.48. The molecule has 0 radical (unpaired) electrons. The van der Waals surface area contributed by atoms with Gasteiger partial charge in [0.25, 0.3) is 0 Å². The van der Waals surface area contributed by atoms with Gasteiger partial charge in [-0.25, -0.2) is 0 Å². The molecule has 4 atom stereocenters. The van der Waals surface area contributed by atoms with Crippen molar-refractivity contribution < 1.29 is 14.7 Å². The molecule has 1 fully saturated rings. The van der Waals surface area contributed by atoms with Gasteiger partial charge in [-0.05, 0) is 52.4 Å². The number of rotatable bonds is 3. The van der Waals surface area contributed by atoms with Crippen LogP contribution in [0.15, 0.2) is 34.8 Å². The van der Waals surface area contributed by atoms with E-state index in [2.05, 4.69) is 21.2 Å². The van der Waals surface area contributed by atoms with E-state index < -0.39 is 17.8 Å². The largest absolute Gasteiger partial charge is 0.481 e. The maximum Gasteiger partial charge on any atom is 0.307 e. The minimum Gasteiger partial charge on any atom is -0.481 e. The molecular weight excluding hydrogens is 358 g/mol. The molecule has 2 aliphatic rings. The first-order valence-corrected chi connectivity index (χ1v) is 7.81. The minimum atomic E-state index is -0.902. The van der Waals surface area contributed by atoms with Crippen molar-refractivity contribution >= 4 is 45.1 Å². The molecule has 3 rings (SSSR count). The Hall–Kier alpha value is -1.33. The number of carbonyl (C=O) groups is 2. The van der Waals surface area contributed by atoms with Gasteiger partial charge < -0.3 is 10.4 Å². The quantitative estimate of drug-likeness (QED) is 0.800. The van der Waals surface area contributed by atoms with E-state index in [-0.39, 0.29) is 17.7 Å². The van der Waals surface area contributed by atoms with Gasteiger partial charge in [-0.2, -0.15) is 0 Å². The summed E-state index contributed by atoms with van der Waals surface area (Å²) < 4.78 is 0.744. The van der Waals surface area contributed by atoms with Crippen molar-refractivity contribution in [1.82, 2.24) is 0 Å². The monoisotopic (exact) mass is 369 g/mol. The van der Waals surface area contributed by atoms with Crippen molar-refractivity contribution in [3.05, 3.63) is 39.8 Å². The molecule has 0 heterocycles. The SMILES string of the molecule is O=C(O)C1C2C=CC(C2)C1C(=O)Nc1ccc(Br)c(Cl)c1. The molecule has 110 valence electrons. The van der Waals surface area contributed by atoms with Crippen LogP contribution < -0.4 is 5.32 Å². The van der Waals surface area contributed by atoms with Crippen LogP contribution in [-0.4, -0.2) is 17.0 Å². The van der Waals surface area contributed by atoms with Crippen molar-refractivity contribution in [2.45, 2.75) is 6.42 Å². The fourth-order valence-corrected chi connectivity index (χ4v) is 3.74. The normalized spacial score (nSPS) is 29.6. The molecule has 1 aromatic rings. The Bertz CT molecular complexity index is 646. The number of hydrogen-bond donors (Lipinski definition) is 2. The van der Waals surface area contributed by atoms with Crippen LogP contribution in [0.2, 0.25) is 5.02 Å². The van der Waals surface area contributed by atoms with E-state index in [1.54, 1.807) is 18.2 Å². The Kier molecular flexibility index (Phi) is 3.80. The molecule has 6 heteroatoms. The lowest BCUT2D eigenvalue weighted by atomic mass is 9.82. The number of allylic oxidation sites excluding steroid dienone is 2. The van der Waals surface area contributed by atoms with E-state index in [9.17, 15) is 14.7 Å². The molecule has 1 saturated carbocycles. The second-order valence-electron chi connectivity index (χ2n) is 5.46. The third-order valence-electron chi connectivity index (χ3n) is 4.23. The van der Waals surface area contributed by atoms with Gasteiger partial charge in [-0.3, -0.25) is 9.59 Å². The first kappa shape index (κ1) is 14.6. The Morgan fingerprint density at radius 3 is 2.52 bits per heavy atom. The minimum absolute atomic E-state index is 0.0158. The molecule has 4 nitrogen and oxygen atoms in total. The summed E-state index contributed by atoms with van der Waals surface area (Å²) in [5, 5.41) is 12.6. The van der Waals surface area contributed by atoms with Crippen LogP contribution in [0.1, 0.15) is 6.42 Å². The van der Waals surface area contributed by atoms with E-state index in [1.165, 1.54) is 0 Å². The Morgan fingerprint density at radius 2 is 1.90 bits per heavy atom. The van der Waals surface area contributed by atoms with Crippen molar-refractivity contribution in [3.8, 4) is 0 Å². The lowest BCUT2D eigenvalue weighted by molar-refractivity contribution is -0.146. The van der Waals surface area contributed by atoms with Crippen LogP contribution in [0.5, 0.6) is 0 Å². The third-order valence-corrected chi connectivity index (χ3v) is 5.47. The number of halogens is 2. The van der Waals surface area contributed by atoms with Crippen LogP contribution >= 0.6 is 27.5 Å². The fraction of sp³-hybridized carbons (Fsp3) is 0.333. The van der Waals surface area contributed by atoms with Gasteiger partial charge in [0.1, 0.15) is 0 Å². The van der Waals surface area contributed by atoms with E-state index in [4.69, 9.17) is 11.6 Å². The lowest BCUT2D eigenvalue weighted by Gasteiger charge is -2.23. The molecule has 0 saturated heterocycles. The summed E-state index contributed by atoms with van der Waals surface area (Å²) in [4.78, 5) is 23.9. The maximum absolute atomic E-state index is 12.5. The number of carbonyl (C=O) groups excluding carboxylic acids is 1. The highest BCUT2D eigenvalue weighted by atomic mass is 79.9. The average molecular weight is 371 g/mol. The number of fused-ring (bicyclic) bond motifs is 2. The van der Waals surface area contributed by atoms with Gasteiger partial charge in [0.2, 0.25) is 5.91 Å². The predicted molar refractivity (Wildman–Crippen MR) is 83.1 cm³/mol. The topological polar surface area (TPSA) is 66.4 Å². The van der Waals surface area contributed by atoms with Crippen LogP contribution in [-0.2, 0) is 9.59 Å². The molecule has 4 unspecified atom stereocenters. The van der Waals surface area contributed by atoms with E-state index in [0.29, 0.717) is 10.7 Å². The summed E-state index contributed by atoms with van der Waals surface area (Å²) in [6.07, 6.45) is 4.63. The standard InChI is InChI=1S/C15H13BrClNO3/c16-10-4-3-9(6-11(10)17)18-14(19)12-7-1-2-8(5-7)13(12)15(20)21/h1-4,6-8,12-13H,5H2,(H,18,19)(H,20,21). The van der Waals surface area contributed by atoms with E-state index >= 15 is 0 Å². The highest BCUT2D eigenvalue weighted by molar-refractivity contribution is 9.10. The fourth-order valence-electron chi connectivity index (χ4n) is 3.32. The number of carboxylic acid groups (broad SMARTS) is 1. The van der Waals surface area contributed by atoms with Gasteiger partial charge in [0, 0.05) is 10.2 Å². The molecule has 2 N–H and O–H groups in total. The van der Waals surface area contributed by atoms with Gasteiger partial charge in [0.15, 0.2) is 0 Å². The van der Waals surface area contributed by atoms with Gasteiger partial charge in [-0.1, -0.05) is 23.8 Å². The molecule has 0 spiro atoms. The first-order chi connectivity index (χ1) is 9.97. The van der Waals surface area contributed by atoms with Gasteiger partial charge >= 0.3 is 5.97 Å². The van der Waals surface area contributed by atoms with Crippen molar-refractivity contribution in [1.29, 1.82) is 0 Å². The Morgan fingerprint density at radius 1 is 1.24 bits per heavy atom. The van der Waals surface area contributed by atoms with Crippen LogP contribution in [0.25, 0.3) is 0 Å². The average Bonchev–Trinajstić information content (AvgIpc) is 3.03. The molecule has 2 bridgehead atoms. The number of carboxylic acids is 1. The van der Waals surface area contributed by atoms with E-state index in [0.717, 1.165) is 10.9 Å². The van der Waals surface area contributed by atoms with Crippen LogP contribution in [0.3, 0.4) is 0 Å². The maximum atomic E-state index is 12.5. The smallest absolute Gasteiger partial charge is 0.307 e. The van der Waals surface area contributed by atoms with Crippen molar-refractivity contribution in [3.63, 3.8) is 0 Å². The summed E-state index contributed by atoms with van der Waals surface area (Å²) in [5.74, 6) is -2.32. The zero-order valence-electron chi connectivity index (χ0n) is 10.9. The summed E-state index contributed by atoms with van der Waals surface area (Å²) in [6, 6.07) is 5.11. The molecule has 0 aromatic heterocycles. The number of amides is 1. The number of hydrogen-bond acceptors (Lipinski definition) is 2. The summed E-state index contributed by atoms with van der Waals surface area (Å²) >= 11 is 9.28. The van der Waals surface area contributed by atoms with Crippen LogP contribution in [0.4, 0.5) is 5.69 Å². The Labute approximate surface area is 135 Å². The summed E-state index contributed by atoms with van der Waals surface area (Å²) in [7, 11) is 0. The lowest BCUT2D eigenvalue weighted by Crippen LogP contribution is -2.36. The molecule has 21 heavy (non-hydrogen) atoms. The van der Waals surface area contributed by atoms with Gasteiger partial charge in [-0.15, -0.1) is 0 Å². The predicted octanol–water partition coefficient (Wildman–Crippen LogP) is 3.56. The second kappa shape index (κ2) is 5.46. The molecule has 2 aliphatic carbocycles. The van der Waals surface area contributed by atoms with Gasteiger partial charge in [0.05, 0.1) is 16.9 Å². The molecule has 1 amide bonds. The summed E-state index contributed by atoms with van der Waals surface area (Å²) in [6.45, 7) is 0. The molecule has 0 aliphatic heterocycles. The van der Waals surface area contributed by atoms with Crippen LogP contribution in [0, 0.1) is 23.7 Å². The zero-order chi connectivity index (χ0) is 15.1.